The average molecular weight is 173 g/mol. The molecule has 2 rings (SSSR count). The minimum atomic E-state index is -0.244. The fourth-order valence-corrected chi connectivity index (χ4v) is 1.17. The molecule has 0 aliphatic carbocycles. The summed E-state index contributed by atoms with van der Waals surface area (Å²) in [6.07, 6.45) is 2.97. The SMILES string of the molecule is CC(C#N)c1ncnc2nc[nH]c12. The second-order valence-corrected chi connectivity index (χ2v) is 2.71. The van der Waals surface area contributed by atoms with Gasteiger partial charge in [0.2, 0.25) is 0 Å². The Morgan fingerprint density at radius 3 is 3.08 bits per heavy atom. The quantitative estimate of drug-likeness (QED) is 0.697. The zero-order chi connectivity index (χ0) is 9.26. The summed E-state index contributed by atoms with van der Waals surface area (Å²) < 4.78 is 0. The van der Waals surface area contributed by atoms with Gasteiger partial charge in [-0.1, -0.05) is 0 Å². The van der Waals surface area contributed by atoms with Gasteiger partial charge in [-0.15, -0.1) is 0 Å². The summed E-state index contributed by atoms with van der Waals surface area (Å²) in [6, 6.07) is 2.13. The highest BCUT2D eigenvalue weighted by molar-refractivity contribution is 5.73. The predicted molar refractivity (Wildman–Crippen MR) is 45.7 cm³/mol. The van der Waals surface area contributed by atoms with Gasteiger partial charge in [-0.05, 0) is 6.92 Å². The Morgan fingerprint density at radius 2 is 2.31 bits per heavy atom. The van der Waals surface area contributed by atoms with Gasteiger partial charge in [0.1, 0.15) is 11.8 Å². The number of nitriles is 1. The van der Waals surface area contributed by atoms with Crippen molar-refractivity contribution in [3.05, 3.63) is 18.3 Å². The zero-order valence-corrected chi connectivity index (χ0v) is 7.02. The molecule has 0 spiro atoms. The van der Waals surface area contributed by atoms with Crippen LogP contribution in [-0.2, 0) is 0 Å². The van der Waals surface area contributed by atoms with Crippen LogP contribution >= 0.6 is 0 Å². The summed E-state index contributed by atoms with van der Waals surface area (Å²) in [5.74, 6) is -0.244. The van der Waals surface area contributed by atoms with Gasteiger partial charge in [-0.3, -0.25) is 0 Å². The summed E-state index contributed by atoms with van der Waals surface area (Å²) in [5.41, 5.74) is 2.05. The van der Waals surface area contributed by atoms with Crippen molar-refractivity contribution >= 4 is 11.2 Å². The normalized spacial score (nSPS) is 12.6. The molecule has 0 aromatic carbocycles. The Balaban J connectivity index is 2.69. The van der Waals surface area contributed by atoms with Crippen LogP contribution < -0.4 is 0 Å². The molecule has 5 heteroatoms. The molecule has 5 nitrogen and oxygen atoms in total. The maximum absolute atomic E-state index is 8.74. The summed E-state index contributed by atoms with van der Waals surface area (Å²) in [4.78, 5) is 14.9. The molecule has 0 radical (unpaired) electrons. The van der Waals surface area contributed by atoms with E-state index in [4.69, 9.17) is 5.26 Å². The van der Waals surface area contributed by atoms with Crippen molar-refractivity contribution in [3.63, 3.8) is 0 Å². The van der Waals surface area contributed by atoms with Gasteiger partial charge in [0.15, 0.2) is 5.65 Å². The Kier molecular flexibility index (Phi) is 1.67. The number of aromatic nitrogens is 4. The van der Waals surface area contributed by atoms with Crippen molar-refractivity contribution in [2.45, 2.75) is 12.8 Å². The first-order valence-electron chi connectivity index (χ1n) is 3.86. The monoisotopic (exact) mass is 173 g/mol. The molecule has 0 saturated carbocycles. The van der Waals surface area contributed by atoms with Crippen LogP contribution in [0.15, 0.2) is 12.7 Å². The van der Waals surface area contributed by atoms with E-state index in [2.05, 4.69) is 26.0 Å². The van der Waals surface area contributed by atoms with Crippen molar-refractivity contribution in [1.29, 1.82) is 5.26 Å². The van der Waals surface area contributed by atoms with E-state index >= 15 is 0 Å². The van der Waals surface area contributed by atoms with Gasteiger partial charge < -0.3 is 4.98 Å². The number of H-pyrrole nitrogens is 1. The second kappa shape index (κ2) is 2.83. The minimum absolute atomic E-state index is 0.244. The molecule has 0 amide bonds. The Labute approximate surface area is 74.5 Å². The molecule has 1 N–H and O–H groups in total. The van der Waals surface area contributed by atoms with E-state index in [9.17, 15) is 0 Å². The molecule has 0 fully saturated rings. The highest BCUT2D eigenvalue weighted by atomic mass is 15.0. The van der Waals surface area contributed by atoms with E-state index in [1.165, 1.54) is 6.33 Å². The third-order valence-corrected chi connectivity index (χ3v) is 1.86. The second-order valence-electron chi connectivity index (χ2n) is 2.71. The molecule has 2 aromatic rings. The molecule has 0 bridgehead atoms. The number of nitrogens with one attached hydrogen (secondary N) is 1. The van der Waals surface area contributed by atoms with Crippen LogP contribution in [0.4, 0.5) is 0 Å². The van der Waals surface area contributed by atoms with Gasteiger partial charge in [0.25, 0.3) is 0 Å². The molecule has 1 atom stereocenters. The Morgan fingerprint density at radius 1 is 1.46 bits per heavy atom. The standard InChI is InChI=1S/C8H7N5/c1-5(2-9)6-7-8(12-3-10-6)13-4-11-7/h3-5H,1H3,(H,10,11,12,13). The summed E-state index contributed by atoms with van der Waals surface area (Å²) in [5, 5.41) is 8.74. The van der Waals surface area contributed by atoms with E-state index in [1.54, 1.807) is 13.3 Å². The molecule has 64 valence electrons. The van der Waals surface area contributed by atoms with Crippen LogP contribution in [0.1, 0.15) is 18.5 Å². The first-order chi connectivity index (χ1) is 6.33. The third-order valence-electron chi connectivity index (χ3n) is 1.86. The summed E-state index contributed by atoms with van der Waals surface area (Å²) in [6.45, 7) is 1.79. The Bertz CT molecular complexity index is 467. The lowest BCUT2D eigenvalue weighted by Crippen LogP contribution is -1.96. The van der Waals surface area contributed by atoms with Crippen molar-refractivity contribution in [1.82, 2.24) is 19.9 Å². The van der Waals surface area contributed by atoms with Gasteiger partial charge in [-0.25, -0.2) is 15.0 Å². The number of aromatic amines is 1. The topological polar surface area (TPSA) is 78.2 Å². The molecule has 0 saturated heterocycles. The first-order valence-corrected chi connectivity index (χ1v) is 3.86. The number of hydrogen-bond acceptors (Lipinski definition) is 4. The van der Waals surface area contributed by atoms with Crippen LogP contribution in [0.3, 0.4) is 0 Å². The fraction of sp³-hybridized carbons (Fsp3) is 0.250. The first kappa shape index (κ1) is 7.68. The molecule has 0 aliphatic heterocycles. The lowest BCUT2D eigenvalue weighted by Gasteiger charge is -2.00. The molecule has 0 aliphatic rings. The van der Waals surface area contributed by atoms with E-state index in [0.29, 0.717) is 11.3 Å². The highest BCUT2D eigenvalue weighted by Crippen LogP contribution is 2.17. The maximum Gasteiger partial charge on any atom is 0.180 e. The fourth-order valence-electron chi connectivity index (χ4n) is 1.17. The van der Waals surface area contributed by atoms with Gasteiger partial charge in [0, 0.05) is 0 Å². The summed E-state index contributed by atoms with van der Waals surface area (Å²) in [7, 11) is 0. The molecular formula is C8H7N5. The lowest BCUT2D eigenvalue weighted by molar-refractivity contribution is 0.919. The van der Waals surface area contributed by atoms with Crippen molar-refractivity contribution in [2.75, 3.05) is 0 Å². The molecule has 2 heterocycles. The number of nitrogens with zero attached hydrogens (tertiary/aromatic N) is 4. The largest absolute Gasteiger partial charge is 0.342 e. The molecule has 2 aromatic heterocycles. The van der Waals surface area contributed by atoms with Gasteiger partial charge >= 0.3 is 0 Å². The van der Waals surface area contributed by atoms with E-state index in [1.807, 2.05) is 0 Å². The highest BCUT2D eigenvalue weighted by Gasteiger charge is 2.11. The number of fused-ring (bicyclic) bond motifs is 1. The molecular weight excluding hydrogens is 166 g/mol. The van der Waals surface area contributed by atoms with Crippen molar-refractivity contribution < 1.29 is 0 Å². The van der Waals surface area contributed by atoms with Crippen molar-refractivity contribution in [3.8, 4) is 6.07 Å². The number of rotatable bonds is 1. The van der Waals surface area contributed by atoms with Gasteiger partial charge in [0.05, 0.1) is 24.0 Å². The lowest BCUT2D eigenvalue weighted by atomic mass is 10.1. The van der Waals surface area contributed by atoms with Crippen LogP contribution in [0.5, 0.6) is 0 Å². The maximum atomic E-state index is 8.74. The average Bonchev–Trinajstić information content (AvgIpc) is 2.63. The van der Waals surface area contributed by atoms with Crippen LogP contribution in [0, 0.1) is 11.3 Å². The van der Waals surface area contributed by atoms with Crippen molar-refractivity contribution in [2.24, 2.45) is 0 Å². The summed E-state index contributed by atoms with van der Waals surface area (Å²) >= 11 is 0. The van der Waals surface area contributed by atoms with Gasteiger partial charge in [-0.2, -0.15) is 5.26 Å². The van der Waals surface area contributed by atoms with E-state index in [-0.39, 0.29) is 5.92 Å². The van der Waals surface area contributed by atoms with Crippen LogP contribution in [0.2, 0.25) is 0 Å². The zero-order valence-electron chi connectivity index (χ0n) is 7.02. The predicted octanol–water partition coefficient (Wildman–Crippen LogP) is 0.980. The molecule has 13 heavy (non-hydrogen) atoms. The van der Waals surface area contributed by atoms with Crippen LogP contribution in [0.25, 0.3) is 11.2 Å². The van der Waals surface area contributed by atoms with Crippen LogP contribution in [-0.4, -0.2) is 19.9 Å². The molecule has 1 unspecified atom stereocenters. The van der Waals surface area contributed by atoms with E-state index in [0.717, 1.165) is 5.52 Å². The number of imidazole rings is 1. The minimum Gasteiger partial charge on any atom is -0.342 e. The third kappa shape index (κ3) is 1.12. The Hall–Kier alpha value is -1.96. The number of hydrogen-bond donors (Lipinski definition) is 1. The van der Waals surface area contributed by atoms with E-state index < -0.39 is 0 Å². The smallest absolute Gasteiger partial charge is 0.180 e.